The van der Waals surface area contributed by atoms with Crippen molar-refractivity contribution in [3.05, 3.63) is 11.6 Å². The van der Waals surface area contributed by atoms with Crippen LogP contribution in [0, 0.1) is 40.4 Å². The largest absolute Gasteiger partial charge is 0.393 e. The quantitative estimate of drug-likeness (QED) is 0.263. The summed E-state index contributed by atoms with van der Waals surface area (Å²) < 4.78 is 0. The summed E-state index contributed by atoms with van der Waals surface area (Å²) in [7, 11) is 1.43. The van der Waals surface area contributed by atoms with Crippen LogP contribution >= 0.6 is 0 Å². The van der Waals surface area contributed by atoms with Crippen LogP contribution in [0.2, 0.25) is 0 Å². The van der Waals surface area contributed by atoms with E-state index in [9.17, 15) is 5.11 Å². The second kappa shape index (κ2) is 10.0. The first-order chi connectivity index (χ1) is 14.3. The molecule has 7 atom stereocenters. The Morgan fingerprint density at radius 3 is 2.50 bits per heavy atom. The Labute approximate surface area is 186 Å². The molecule has 3 fully saturated rings. The van der Waals surface area contributed by atoms with Gasteiger partial charge in [0.2, 0.25) is 0 Å². The molecule has 30 heavy (non-hydrogen) atoms. The lowest BCUT2D eigenvalue weighted by Crippen LogP contribution is -2.50. The number of aliphatic hydroxyl groups excluding tert-OH is 1. The Balaban J connectivity index is 0.000000806. The molecule has 0 aromatic carbocycles. The average Bonchev–Trinajstić information content (AvgIpc) is 3.03. The summed E-state index contributed by atoms with van der Waals surface area (Å²) in [5, 5.41) is 17.5. The van der Waals surface area contributed by atoms with Crippen LogP contribution in [0.4, 0.5) is 0 Å². The predicted molar refractivity (Wildman–Crippen MR) is 125 cm³/mol. The minimum atomic E-state index is -0.0727. The number of rotatable bonds is 5. The van der Waals surface area contributed by atoms with Crippen LogP contribution < -0.4 is 5.48 Å². The highest BCUT2D eigenvalue weighted by molar-refractivity contribution is 5.25. The van der Waals surface area contributed by atoms with Crippen molar-refractivity contribution in [2.24, 2.45) is 40.4 Å². The first-order valence-electron chi connectivity index (χ1n) is 12.9. The zero-order valence-corrected chi connectivity index (χ0v) is 20.4. The predicted octanol–water partition coefficient (Wildman–Crippen LogP) is 6.74. The third-order valence-electron chi connectivity index (χ3n) is 9.86. The fraction of sp³-hybridized carbons (Fsp3) is 0.926. The van der Waals surface area contributed by atoms with E-state index in [1.54, 1.807) is 11.1 Å². The van der Waals surface area contributed by atoms with Gasteiger partial charge in [-0.25, -0.2) is 5.48 Å². The van der Waals surface area contributed by atoms with Gasteiger partial charge in [0, 0.05) is 7.05 Å². The van der Waals surface area contributed by atoms with Crippen molar-refractivity contribution < 1.29 is 10.3 Å². The van der Waals surface area contributed by atoms with E-state index < -0.39 is 0 Å². The molecule has 4 aliphatic rings. The number of fused-ring (bicyclic) bond motifs is 5. The van der Waals surface area contributed by atoms with Gasteiger partial charge in [-0.2, -0.15) is 0 Å². The summed E-state index contributed by atoms with van der Waals surface area (Å²) in [4.78, 5) is 0. The van der Waals surface area contributed by atoms with Crippen molar-refractivity contribution in [2.75, 3.05) is 7.05 Å². The van der Waals surface area contributed by atoms with E-state index in [1.807, 2.05) is 0 Å². The molecule has 3 nitrogen and oxygen atoms in total. The molecule has 4 aliphatic carbocycles. The molecule has 174 valence electrons. The van der Waals surface area contributed by atoms with Gasteiger partial charge in [-0.3, -0.25) is 0 Å². The van der Waals surface area contributed by atoms with E-state index in [0.717, 1.165) is 42.4 Å². The van der Waals surface area contributed by atoms with Crippen LogP contribution in [0.3, 0.4) is 0 Å². The Hall–Kier alpha value is -0.380. The Morgan fingerprint density at radius 2 is 1.80 bits per heavy atom. The molecule has 0 aliphatic heterocycles. The maximum atomic E-state index is 10.2. The fourth-order valence-electron chi connectivity index (χ4n) is 8.17. The topological polar surface area (TPSA) is 52.5 Å². The molecule has 3 heteroatoms. The minimum absolute atomic E-state index is 0.0727. The van der Waals surface area contributed by atoms with Crippen LogP contribution in [0.1, 0.15) is 105 Å². The standard InChI is InChI=1S/C26H44O.CH5NO/c1-18(2)7-5-6-8-19-10-12-23-22-11-9-20-17-21(27)13-15-26(20,4)24(22)14-16-25(19,23)3;1-2-3/h9,18-19,21-24,27H,5-8,10-17H2,1-4H3;2-3H,1H3. The van der Waals surface area contributed by atoms with Gasteiger partial charge in [0.15, 0.2) is 0 Å². The number of allylic oxidation sites excluding steroid dienone is 1. The SMILES string of the molecule is CC(C)CCCCC1CCC2C3CC=C4CC(O)CCC4(C)C3CCC12C.CNO. The van der Waals surface area contributed by atoms with Gasteiger partial charge in [0.25, 0.3) is 0 Å². The maximum Gasteiger partial charge on any atom is 0.0577 e. The van der Waals surface area contributed by atoms with Gasteiger partial charge < -0.3 is 10.3 Å². The van der Waals surface area contributed by atoms with E-state index in [4.69, 9.17) is 5.21 Å². The second-order valence-electron chi connectivity index (χ2n) is 11.9. The second-order valence-corrected chi connectivity index (χ2v) is 11.9. The molecule has 7 unspecified atom stereocenters. The van der Waals surface area contributed by atoms with Gasteiger partial charge in [0.05, 0.1) is 6.10 Å². The summed E-state index contributed by atoms with van der Waals surface area (Å²) >= 11 is 0. The van der Waals surface area contributed by atoms with Crippen LogP contribution in [0.25, 0.3) is 0 Å². The smallest absolute Gasteiger partial charge is 0.0577 e. The highest BCUT2D eigenvalue weighted by Crippen LogP contribution is 2.66. The summed E-state index contributed by atoms with van der Waals surface area (Å²) in [5.74, 6) is 4.64. The number of nitrogens with one attached hydrogen (secondary N) is 1. The Morgan fingerprint density at radius 1 is 1.07 bits per heavy atom. The number of unbranched alkanes of at least 4 members (excludes halogenated alkanes) is 1. The normalized spacial score (nSPS) is 42.5. The fourth-order valence-corrected chi connectivity index (χ4v) is 8.17. The number of hydrogen-bond donors (Lipinski definition) is 3. The third kappa shape index (κ3) is 4.69. The lowest BCUT2D eigenvalue weighted by molar-refractivity contribution is -0.0508. The van der Waals surface area contributed by atoms with Gasteiger partial charge in [-0.1, -0.05) is 58.6 Å². The van der Waals surface area contributed by atoms with Crippen molar-refractivity contribution in [3.63, 3.8) is 0 Å². The highest BCUT2D eigenvalue weighted by Gasteiger charge is 2.58. The van der Waals surface area contributed by atoms with Crippen molar-refractivity contribution in [3.8, 4) is 0 Å². The van der Waals surface area contributed by atoms with E-state index in [2.05, 4.69) is 33.8 Å². The van der Waals surface area contributed by atoms with Crippen LogP contribution in [-0.2, 0) is 0 Å². The first-order valence-corrected chi connectivity index (χ1v) is 12.9. The number of hydroxylamine groups is 1. The van der Waals surface area contributed by atoms with E-state index in [0.29, 0.717) is 10.8 Å². The lowest BCUT2D eigenvalue weighted by Gasteiger charge is -2.58. The zero-order valence-electron chi connectivity index (χ0n) is 20.4. The minimum Gasteiger partial charge on any atom is -0.393 e. The monoisotopic (exact) mass is 419 g/mol. The number of hydrogen-bond acceptors (Lipinski definition) is 3. The molecule has 3 N–H and O–H groups in total. The molecule has 0 aromatic rings. The molecular weight excluding hydrogens is 370 g/mol. The summed E-state index contributed by atoms with van der Waals surface area (Å²) in [5.41, 5.74) is 4.39. The Kier molecular flexibility index (Phi) is 8.13. The van der Waals surface area contributed by atoms with Crippen LogP contribution in [0.5, 0.6) is 0 Å². The third-order valence-corrected chi connectivity index (χ3v) is 9.86. The van der Waals surface area contributed by atoms with Crippen molar-refractivity contribution >= 4 is 0 Å². The molecule has 0 saturated heterocycles. The van der Waals surface area contributed by atoms with E-state index in [-0.39, 0.29) is 6.10 Å². The molecule has 0 amide bonds. The van der Waals surface area contributed by atoms with Crippen molar-refractivity contribution in [2.45, 2.75) is 111 Å². The van der Waals surface area contributed by atoms with Crippen LogP contribution in [0.15, 0.2) is 11.6 Å². The van der Waals surface area contributed by atoms with Crippen molar-refractivity contribution in [1.82, 2.24) is 5.48 Å². The van der Waals surface area contributed by atoms with E-state index in [1.165, 1.54) is 71.3 Å². The molecule has 0 spiro atoms. The summed E-state index contributed by atoms with van der Waals surface area (Å²) in [6.45, 7) is 9.97. The van der Waals surface area contributed by atoms with Crippen LogP contribution in [-0.4, -0.2) is 23.5 Å². The molecular formula is C27H49NO2. The van der Waals surface area contributed by atoms with E-state index >= 15 is 0 Å². The summed E-state index contributed by atoms with van der Waals surface area (Å²) in [6, 6.07) is 0. The number of aliphatic hydroxyl groups is 1. The molecule has 4 rings (SSSR count). The average molecular weight is 420 g/mol. The van der Waals surface area contributed by atoms with Gasteiger partial charge >= 0.3 is 0 Å². The molecule has 3 saturated carbocycles. The summed E-state index contributed by atoms with van der Waals surface area (Å²) in [6.07, 6.45) is 18.7. The van der Waals surface area contributed by atoms with Gasteiger partial charge in [-0.05, 0) is 98.2 Å². The molecule has 0 aromatic heterocycles. The molecule has 0 bridgehead atoms. The first kappa shape index (κ1) is 24.3. The zero-order chi connectivity index (χ0) is 21.9. The lowest BCUT2D eigenvalue weighted by atomic mass is 9.47. The molecule has 0 radical (unpaired) electrons. The molecule has 0 heterocycles. The maximum absolute atomic E-state index is 10.2. The Bertz CT molecular complexity index is 587. The van der Waals surface area contributed by atoms with Gasteiger partial charge in [-0.15, -0.1) is 0 Å². The van der Waals surface area contributed by atoms with Crippen molar-refractivity contribution in [1.29, 1.82) is 0 Å². The van der Waals surface area contributed by atoms with Gasteiger partial charge in [0.1, 0.15) is 0 Å². The highest BCUT2D eigenvalue weighted by atomic mass is 16.5.